The van der Waals surface area contributed by atoms with E-state index in [2.05, 4.69) is 35.3 Å². The Labute approximate surface area is 95.5 Å². The molecule has 0 spiro atoms. The van der Waals surface area contributed by atoms with E-state index in [1.807, 2.05) is 6.07 Å². The summed E-state index contributed by atoms with van der Waals surface area (Å²) < 4.78 is 2.17. The molecule has 86 valence electrons. The molecule has 0 saturated heterocycles. The average molecular weight is 218 g/mol. The third-order valence-electron chi connectivity index (χ3n) is 2.91. The van der Waals surface area contributed by atoms with Gasteiger partial charge in [0.25, 0.3) is 0 Å². The van der Waals surface area contributed by atoms with Gasteiger partial charge >= 0.3 is 0 Å². The van der Waals surface area contributed by atoms with Crippen molar-refractivity contribution in [1.82, 2.24) is 14.5 Å². The summed E-state index contributed by atoms with van der Waals surface area (Å²) in [7, 11) is 0. The molecule has 2 N–H and O–H groups in total. The van der Waals surface area contributed by atoms with Crippen molar-refractivity contribution in [3.63, 3.8) is 0 Å². The Balaban J connectivity index is 2.60. The third kappa shape index (κ3) is 1.69. The van der Waals surface area contributed by atoms with Crippen LogP contribution in [-0.2, 0) is 6.54 Å². The number of fused-ring (bicyclic) bond motifs is 1. The molecule has 0 fully saturated rings. The molecule has 0 aliphatic rings. The van der Waals surface area contributed by atoms with Crippen molar-refractivity contribution >= 4 is 11.0 Å². The second-order valence-corrected chi connectivity index (χ2v) is 4.35. The zero-order valence-corrected chi connectivity index (χ0v) is 10.0. The van der Waals surface area contributed by atoms with E-state index in [0.717, 1.165) is 23.4 Å². The molecule has 4 nitrogen and oxygen atoms in total. The topological polar surface area (TPSA) is 56.7 Å². The fraction of sp³-hybridized carbons (Fsp3) is 0.500. The summed E-state index contributed by atoms with van der Waals surface area (Å²) >= 11 is 0. The highest BCUT2D eigenvalue weighted by Gasteiger charge is 2.18. The van der Waals surface area contributed by atoms with Crippen LogP contribution in [-0.4, -0.2) is 14.5 Å². The minimum Gasteiger partial charge on any atom is -0.327 e. The summed E-state index contributed by atoms with van der Waals surface area (Å²) in [5.41, 5.74) is 8.22. The molecule has 4 heteroatoms. The zero-order valence-electron chi connectivity index (χ0n) is 10.0. The van der Waals surface area contributed by atoms with Crippen LogP contribution in [0.25, 0.3) is 11.0 Å². The Bertz CT molecular complexity index is 487. The fourth-order valence-electron chi connectivity index (χ4n) is 1.89. The van der Waals surface area contributed by atoms with Crippen molar-refractivity contribution in [2.45, 2.75) is 33.4 Å². The minimum atomic E-state index is -0.0210. The number of imidazole rings is 1. The van der Waals surface area contributed by atoms with Gasteiger partial charge in [-0.3, -0.25) is 4.98 Å². The molecule has 2 aromatic rings. The van der Waals surface area contributed by atoms with Gasteiger partial charge in [0, 0.05) is 12.7 Å². The molecule has 1 unspecified atom stereocenters. The Hall–Kier alpha value is -1.42. The maximum absolute atomic E-state index is 6.17. The maximum atomic E-state index is 6.17. The zero-order chi connectivity index (χ0) is 11.7. The maximum Gasteiger partial charge on any atom is 0.127 e. The van der Waals surface area contributed by atoms with E-state index in [-0.39, 0.29) is 6.04 Å². The van der Waals surface area contributed by atoms with Gasteiger partial charge in [0.2, 0.25) is 0 Å². The van der Waals surface area contributed by atoms with Crippen LogP contribution in [0.4, 0.5) is 0 Å². The normalized spacial score (nSPS) is 13.6. The average Bonchev–Trinajstić information content (AvgIpc) is 2.65. The number of aryl methyl sites for hydroxylation is 1. The molecule has 2 aromatic heterocycles. The molecule has 0 aliphatic carbocycles. The van der Waals surface area contributed by atoms with Crippen LogP contribution in [0, 0.1) is 5.92 Å². The van der Waals surface area contributed by atoms with E-state index in [4.69, 9.17) is 5.73 Å². The lowest BCUT2D eigenvalue weighted by Gasteiger charge is -2.16. The van der Waals surface area contributed by atoms with Gasteiger partial charge in [-0.25, -0.2) is 4.98 Å². The monoisotopic (exact) mass is 218 g/mol. The predicted molar refractivity (Wildman–Crippen MR) is 65.0 cm³/mol. The highest BCUT2D eigenvalue weighted by molar-refractivity contribution is 5.74. The second kappa shape index (κ2) is 4.22. The molecule has 0 amide bonds. The van der Waals surface area contributed by atoms with Gasteiger partial charge in [-0.2, -0.15) is 0 Å². The largest absolute Gasteiger partial charge is 0.327 e. The van der Waals surface area contributed by atoms with Gasteiger partial charge in [0.15, 0.2) is 0 Å². The van der Waals surface area contributed by atoms with E-state index < -0.39 is 0 Å². The van der Waals surface area contributed by atoms with Crippen LogP contribution in [0.15, 0.2) is 18.5 Å². The molecule has 0 bridgehead atoms. The van der Waals surface area contributed by atoms with Crippen LogP contribution in [0.2, 0.25) is 0 Å². The summed E-state index contributed by atoms with van der Waals surface area (Å²) in [6.45, 7) is 7.22. The van der Waals surface area contributed by atoms with Crippen LogP contribution >= 0.6 is 0 Å². The Morgan fingerprint density at radius 2 is 2.19 bits per heavy atom. The summed E-state index contributed by atoms with van der Waals surface area (Å²) in [6.07, 6.45) is 3.58. The summed E-state index contributed by atoms with van der Waals surface area (Å²) in [4.78, 5) is 8.67. The van der Waals surface area contributed by atoms with Crippen LogP contribution in [0.1, 0.15) is 32.6 Å². The smallest absolute Gasteiger partial charge is 0.127 e. The van der Waals surface area contributed by atoms with Gasteiger partial charge in [-0.15, -0.1) is 0 Å². The fourth-order valence-corrected chi connectivity index (χ4v) is 1.89. The Morgan fingerprint density at radius 3 is 2.81 bits per heavy atom. The molecule has 16 heavy (non-hydrogen) atoms. The van der Waals surface area contributed by atoms with E-state index in [1.165, 1.54) is 0 Å². The number of hydrogen-bond donors (Lipinski definition) is 1. The summed E-state index contributed by atoms with van der Waals surface area (Å²) in [5, 5.41) is 0. The van der Waals surface area contributed by atoms with Crippen molar-refractivity contribution in [3.05, 3.63) is 24.3 Å². The first kappa shape index (κ1) is 11.1. The first-order chi connectivity index (χ1) is 7.65. The predicted octanol–water partition coefficient (Wildman–Crippen LogP) is 2.11. The quantitative estimate of drug-likeness (QED) is 0.858. The SMILES string of the molecule is CCn1c(C(N)C(C)C)nc2cnccc21. The molecule has 0 aliphatic heterocycles. The Morgan fingerprint density at radius 1 is 1.44 bits per heavy atom. The van der Waals surface area contributed by atoms with E-state index in [9.17, 15) is 0 Å². The number of hydrogen-bond acceptors (Lipinski definition) is 3. The van der Waals surface area contributed by atoms with Gasteiger partial charge in [0.1, 0.15) is 11.3 Å². The highest BCUT2D eigenvalue weighted by Crippen LogP contribution is 2.23. The number of nitrogens with two attached hydrogens (primary N) is 1. The molecule has 0 aromatic carbocycles. The van der Waals surface area contributed by atoms with Gasteiger partial charge < -0.3 is 10.3 Å². The lowest BCUT2D eigenvalue weighted by molar-refractivity contribution is 0.472. The molecule has 0 radical (unpaired) electrons. The lowest BCUT2D eigenvalue weighted by Crippen LogP contribution is -2.21. The van der Waals surface area contributed by atoms with E-state index in [1.54, 1.807) is 12.4 Å². The molecule has 0 saturated carbocycles. The standard InChI is InChI=1S/C12H18N4/c1-4-16-10-5-6-14-7-9(10)15-12(16)11(13)8(2)3/h5-8,11H,4,13H2,1-3H3. The van der Waals surface area contributed by atoms with Gasteiger partial charge in [0.05, 0.1) is 17.8 Å². The van der Waals surface area contributed by atoms with E-state index >= 15 is 0 Å². The van der Waals surface area contributed by atoms with Gasteiger partial charge in [-0.05, 0) is 18.9 Å². The van der Waals surface area contributed by atoms with Gasteiger partial charge in [-0.1, -0.05) is 13.8 Å². The van der Waals surface area contributed by atoms with Crippen molar-refractivity contribution in [1.29, 1.82) is 0 Å². The minimum absolute atomic E-state index is 0.0210. The summed E-state index contributed by atoms with van der Waals surface area (Å²) in [5.74, 6) is 1.34. The van der Waals surface area contributed by atoms with Crippen LogP contribution in [0.5, 0.6) is 0 Å². The molecular formula is C12H18N4. The second-order valence-electron chi connectivity index (χ2n) is 4.35. The summed E-state index contributed by atoms with van der Waals surface area (Å²) in [6, 6.07) is 1.97. The number of aromatic nitrogens is 3. The van der Waals surface area contributed by atoms with Crippen molar-refractivity contribution in [2.24, 2.45) is 11.7 Å². The lowest BCUT2D eigenvalue weighted by atomic mass is 10.1. The van der Waals surface area contributed by atoms with E-state index in [0.29, 0.717) is 5.92 Å². The highest BCUT2D eigenvalue weighted by atomic mass is 15.1. The molecule has 1 atom stereocenters. The number of pyridine rings is 1. The molecule has 2 heterocycles. The van der Waals surface area contributed by atoms with Crippen molar-refractivity contribution < 1.29 is 0 Å². The molecular weight excluding hydrogens is 200 g/mol. The molecule has 2 rings (SSSR count). The van der Waals surface area contributed by atoms with Crippen molar-refractivity contribution in [2.75, 3.05) is 0 Å². The third-order valence-corrected chi connectivity index (χ3v) is 2.91. The van der Waals surface area contributed by atoms with Crippen LogP contribution < -0.4 is 5.73 Å². The Kier molecular flexibility index (Phi) is 2.92. The first-order valence-electron chi connectivity index (χ1n) is 5.70. The van der Waals surface area contributed by atoms with Crippen molar-refractivity contribution in [3.8, 4) is 0 Å². The number of rotatable bonds is 3. The first-order valence-corrected chi connectivity index (χ1v) is 5.70. The van der Waals surface area contributed by atoms with Crippen LogP contribution in [0.3, 0.4) is 0 Å². The number of nitrogens with zero attached hydrogens (tertiary/aromatic N) is 3.